The van der Waals surface area contributed by atoms with E-state index in [1.165, 1.54) is 33.7 Å². The lowest BCUT2D eigenvalue weighted by Crippen LogP contribution is -2.65. The van der Waals surface area contributed by atoms with Gasteiger partial charge in [0.2, 0.25) is 0 Å². The molecule has 0 bridgehead atoms. The first kappa shape index (κ1) is 31.8. The minimum Gasteiger partial charge on any atom is -0.392 e. The Morgan fingerprint density at radius 3 is 2.60 bits per heavy atom. The van der Waals surface area contributed by atoms with E-state index in [2.05, 4.69) is 20.2 Å². The molecule has 0 spiro atoms. The molecular formula is C36H35FN8O5. The van der Waals surface area contributed by atoms with Gasteiger partial charge in [-0.1, -0.05) is 6.07 Å². The van der Waals surface area contributed by atoms with Crippen LogP contribution in [0, 0.1) is 5.82 Å². The van der Waals surface area contributed by atoms with Gasteiger partial charge in [-0.05, 0) is 55.0 Å². The average molecular weight is 679 g/mol. The summed E-state index contributed by atoms with van der Waals surface area (Å²) in [4.78, 5) is 40.2. The number of hydrogen-bond donors (Lipinski definition) is 3. The summed E-state index contributed by atoms with van der Waals surface area (Å²) in [6.07, 6.45) is 8.04. The number of nitrogens with one attached hydrogen (secondary N) is 1. The van der Waals surface area contributed by atoms with Crippen LogP contribution < -0.4 is 21.3 Å². The molecule has 256 valence electrons. The molecule has 3 N–H and O–H groups in total. The minimum absolute atomic E-state index is 0.210. The van der Waals surface area contributed by atoms with Gasteiger partial charge in [-0.3, -0.25) is 19.1 Å². The predicted molar refractivity (Wildman–Crippen MR) is 187 cm³/mol. The Kier molecular flexibility index (Phi) is 7.75. The number of β-amino-alcohol motifs (C(OH)–C–C–N with tert-alkyl or cyclic N) is 1. The fourth-order valence-electron chi connectivity index (χ4n) is 7.02. The second-order valence-electron chi connectivity index (χ2n) is 13.0. The van der Waals surface area contributed by atoms with Crippen molar-refractivity contribution >= 4 is 33.6 Å². The van der Waals surface area contributed by atoms with E-state index in [4.69, 9.17) is 4.74 Å². The second-order valence-corrected chi connectivity index (χ2v) is 13.0. The summed E-state index contributed by atoms with van der Waals surface area (Å²) in [7, 11) is 1.63. The summed E-state index contributed by atoms with van der Waals surface area (Å²) >= 11 is 0. The first-order valence-electron chi connectivity index (χ1n) is 16.3. The number of pyridine rings is 3. The molecule has 0 radical (unpaired) electrons. The summed E-state index contributed by atoms with van der Waals surface area (Å²) in [6, 6.07) is 13.5. The number of ether oxygens (including phenoxy) is 1. The van der Waals surface area contributed by atoms with Crippen molar-refractivity contribution in [1.29, 1.82) is 0 Å². The van der Waals surface area contributed by atoms with Crippen LogP contribution in [0.4, 0.5) is 21.6 Å². The summed E-state index contributed by atoms with van der Waals surface area (Å²) in [5.74, 6) is 0.212. The fourth-order valence-corrected chi connectivity index (χ4v) is 7.02. The Balaban J connectivity index is 1.10. The molecule has 14 heteroatoms. The van der Waals surface area contributed by atoms with Crippen LogP contribution in [0.2, 0.25) is 0 Å². The van der Waals surface area contributed by atoms with Crippen LogP contribution in [0.15, 0.2) is 89.1 Å². The lowest BCUT2D eigenvalue weighted by atomic mass is 10.0. The van der Waals surface area contributed by atoms with Gasteiger partial charge in [0.25, 0.3) is 11.1 Å². The number of piperazine rings is 1. The quantitative estimate of drug-likeness (QED) is 0.231. The Bertz CT molecular complexity index is 2380. The maximum atomic E-state index is 14.5. The van der Waals surface area contributed by atoms with Gasteiger partial charge >= 0.3 is 0 Å². The Morgan fingerprint density at radius 1 is 1.04 bits per heavy atom. The van der Waals surface area contributed by atoms with Crippen molar-refractivity contribution in [1.82, 2.24) is 28.4 Å². The van der Waals surface area contributed by atoms with Crippen molar-refractivity contribution in [2.45, 2.75) is 25.3 Å². The number of benzene rings is 1. The van der Waals surface area contributed by atoms with Gasteiger partial charge in [-0.25, -0.2) is 14.4 Å². The van der Waals surface area contributed by atoms with Crippen molar-refractivity contribution in [2.24, 2.45) is 7.05 Å². The van der Waals surface area contributed by atoms with Crippen molar-refractivity contribution < 1.29 is 19.3 Å². The molecule has 2 aliphatic rings. The molecule has 2 aliphatic heterocycles. The number of rotatable bonds is 7. The molecule has 6 aromatic rings. The summed E-state index contributed by atoms with van der Waals surface area (Å²) < 4.78 is 24.2. The largest absolute Gasteiger partial charge is 0.392 e. The van der Waals surface area contributed by atoms with Crippen molar-refractivity contribution in [2.75, 3.05) is 43.1 Å². The first-order valence-corrected chi connectivity index (χ1v) is 16.3. The average Bonchev–Trinajstić information content (AvgIpc) is 3.47. The smallest absolute Gasteiger partial charge is 0.280 e. The monoisotopic (exact) mass is 678 g/mol. The van der Waals surface area contributed by atoms with Crippen LogP contribution in [0.25, 0.3) is 33.4 Å². The highest BCUT2D eigenvalue weighted by molar-refractivity contribution is 5.87. The van der Waals surface area contributed by atoms with E-state index in [9.17, 15) is 24.2 Å². The van der Waals surface area contributed by atoms with Crippen LogP contribution in [0.3, 0.4) is 0 Å². The summed E-state index contributed by atoms with van der Waals surface area (Å²) in [5, 5.41) is 25.3. The predicted octanol–water partition coefficient (Wildman–Crippen LogP) is 3.00. The van der Waals surface area contributed by atoms with Gasteiger partial charge in [0.1, 0.15) is 34.4 Å². The summed E-state index contributed by atoms with van der Waals surface area (Å²) in [5.41, 5.74) is 1.52. The number of aliphatic hydroxyl groups excluding tert-OH is 1. The zero-order valence-corrected chi connectivity index (χ0v) is 27.5. The van der Waals surface area contributed by atoms with E-state index in [-0.39, 0.29) is 22.6 Å². The highest BCUT2D eigenvalue weighted by atomic mass is 19.1. The summed E-state index contributed by atoms with van der Waals surface area (Å²) in [6.45, 7) is 4.64. The lowest BCUT2D eigenvalue weighted by molar-refractivity contribution is -0.101. The number of halogens is 1. The van der Waals surface area contributed by atoms with E-state index in [0.717, 1.165) is 12.2 Å². The highest BCUT2D eigenvalue weighted by Crippen LogP contribution is 2.31. The second kappa shape index (κ2) is 12.2. The van der Waals surface area contributed by atoms with Gasteiger partial charge < -0.3 is 34.1 Å². The van der Waals surface area contributed by atoms with E-state index in [1.54, 1.807) is 67.3 Å². The Hall–Kier alpha value is -5.41. The standard InChI is InChI=1S/C36H35FN8O5/c1-36(49)21-42(24-19-50-20-24)10-13-45(36)23-6-7-32(39-16-23)40-29-14-22(17-41(2)34(29)47)25-8-9-38-33(27(25)18-46)44-12-11-43-30-5-3-4-28(37)26(30)15-31(43)35(44)48/h3-9,11-12,14-17,24,46,49H,10,13,18-21H2,1-2H3,(H,39,40)/t36-/m0/s1. The van der Waals surface area contributed by atoms with Gasteiger partial charge in [-0.2, -0.15) is 0 Å². The van der Waals surface area contributed by atoms with Gasteiger partial charge in [0, 0.05) is 68.0 Å². The van der Waals surface area contributed by atoms with Crippen molar-refractivity contribution in [3.63, 3.8) is 0 Å². The van der Waals surface area contributed by atoms with E-state index >= 15 is 0 Å². The zero-order chi connectivity index (χ0) is 34.7. The molecule has 2 saturated heterocycles. The molecule has 13 nitrogen and oxygen atoms in total. The maximum absolute atomic E-state index is 14.5. The SMILES string of the molecule is Cn1cc(-c2ccnc(-n3ccn4c(cc5c(F)cccc54)c3=O)c2CO)cc(Nc2ccc(N3CCN(C4COC4)C[C@]3(C)O)cn2)c1=O. The lowest BCUT2D eigenvalue weighted by Gasteiger charge is -2.50. The third-order valence-corrected chi connectivity index (χ3v) is 9.70. The van der Waals surface area contributed by atoms with Crippen LogP contribution in [-0.2, 0) is 18.4 Å². The topological polar surface area (TPSA) is 142 Å². The third kappa shape index (κ3) is 5.33. The molecule has 0 amide bonds. The molecule has 1 aromatic carbocycles. The molecule has 8 rings (SSSR count). The Labute approximate surface area is 285 Å². The number of hydrogen-bond acceptors (Lipinski definition) is 10. The van der Waals surface area contributed by atoms with Gasteiger partial charge in [0.05, 0.1) is 43.3 Å². The number of aliphatic hydroxyl groups is 2. The number of nitrogens with zero attached hydrogens (tertiary/aromatic N) is 7. The third-order valence-electron chi connectivity index (χ3n) is 9.70. The van der Waals surface area contributed by atoms with Crippen LogP contribution in [0.1, 0.15) is 12.5 Å². The first-order chi connectivity index (χ1) is 24.1. The van der Waals surface area contributed by atoms with Crippen molar-refractivity contribution in [3.8, 4) is 16.9 Å². The molecule has 5 aromatic heterocycles. The number of aryl methyl sites for hydroxylation is 1. The van der Waals surface area contributed by atoms with E-state index in [0.29, 0.717) is 65.8 Å². The van der Waals surface area contributed by atoms with Crippen LogP contribution in [-0.4, -0.2) is 83.2 Å². The number of fused-ring (bicyclic) bond motifs is 3. The number of aromatic nitrogens is 5. The molecule has 2 fully saturated rings. The van der Waals surface area contributed by atoms with Crippen LogP contribution >= 0.6 is 0 Å². The number of anilines is 3. The molecule has 1 atom stereocenters. The molecule has 0 saturated carbocycles. The minimum atomic E-state index is -1.09. The van der Waals surface area contributed by atoms with Gasteiger partial charge in [0.15, 0.2) is 0 Å². The molecule has 0 aliphatic carbocycles. The van der Waals surface area contributed by atoms with Crippen LogP contribution in [0.5, 0.6) is 0 Å². The Morgan fingerprint density at radius 2 is 1.88 bits per heavy atom. The molecule has 0 unspecified atom stereocenters. The van der Waals surface area contributed by atoms with Crippen molar-refractivity contribution in [3.05, 3.63) is 112 Å². The maximum Gasteiger partial charge on any atom is 0.280 e. The normalized spacial score (nSPS) is 18.5. The van der Waals surface area contributed by atoms with Gasteiger partial charge in [-0.15, -0.1) is 0 Å². The highest BCUT2D eigenvalue weighted by Gasteiger charge is 2.40. The van der Waals surface area contributed by atoms with E-state index < -0.39 is 23.7 Å². The molecule has 50 heavy (non-hydrogen) atoms. The molecular weight excluding hydrogens is 643 g/mol. The fraction of sp³-hybridized carbons (Fsp3) is 0.278. The zero-order valence-electron chi connectivity index (χ0n) is 27.5. The van der Waals surface area contributed by atoms with E-state index in [1.807, 2.05) is 11.0 Å². The molecule has 7 heterocycles.